The molecule has 0 saturated heterocycles. The molecule has 6 heteroatoms. The molecule has 4 aromatic rings. The molecule has 0 atom stereocenters. The average Bonchev–Trinajstić information content (AvgIpc) is 3.03. The van der Waals surface area contributed by atoms with Gasteiger partial charge in [-0.2, -0.15) is 0 Å². The maximum absolute atomic E-state index is 13.1. The number of benzene rings is 1. The van der Waals surface area contributed by atoms with E-state index >= 15 is 0 Å². The zero-order valence-electron chi connectivity index (χ0n) is 14.1. The Kier molecular flexibility index (Phi) is 3.33. The first-order valence-electron chi connectivity index (χ1n) is 8.31. The zero-order chi connectivity index (χ0) is 16.8. The standard InChI is InChI=1S/C18H19N5O/c1-4-8-13-16-15(11-9-6-7-10-12(11)19-13)17(24)22(3)18-21-20-14(5-2)23(16)18/h6-7,9-10H,4-5,8H2,1-3H3. The molecule has 0 aliphatic rings. The summed E-state index contributed by atoms with van der Waals surface area (Å²) in [6.07, 6.45) is 2.51. The second-order valence-corrected chi connectivity index (χ2v) is 6.02. The second kappa shape index (κ2) is 5.40. The summed E-state index contributed by atoms with van der Waals surface area (Å²) in [5.74, 6) is 1.42. The van der Waals surface area contributed by atoms with Crippen molar-refractivity contribution in [1.29, 1.82) is 0 Å². The Bertz CT molecular complexity index is 1140. The molecule has 1 aromatic carbocycles. The predicted octanol–water partition coefficient (Wildman–Crippen LogP) is 2.64. The van der Waals surface area contributed by atoms with Crippen LogP contribution in [0.2, 0.25) is 0 Å². The van der Waals surface area contributed by atoms with Crippen LogP contribution in [0.5, 0.6) is 0 Å². The van der Waals surface area contributed by atoms with Gasteiger partial charge in [-0.3, -0.25) is 18.7 Å². The normalized spacial score (nSPS) is 11.8. The van der Waals surface area contributed by atoms with Crippen LogP contribution in [0, 0.1) is 0 Å². The minimum Gasteiger partial charge on any atom is -0.279 e. The van der Waals surface area contributed by atoms with E-state index in [4.69, 9.17) is 4.98 Å². The monoisotopic (exact) mass is 321 g/mol. The highest BCUT2D eigenvalue weighted by atomic mass is 16.1. The van der Waals surface area contributed by atoms with Crippen LogP contribution in [0.3, 0.4) is 0 Å². The molecule has 122 valence electrons. The van der Waals surface area contributed by atoms with Crippen LogP contribution in [0.4, 0.5) is 0 Å². The SMILES string of the molecule is CCCc1nc2ccccc2c2c(=O)n(C)c3nnc(CC)n3c12. The molecule has 0 bridgehead atoms. The van der Waals surface area contributed by atoms with Crippen LogP contribution in [0.25, 0.3) is 27.6 Å². The highest BCUT2D eigenvalue weighted by molar-refractivity contribution is 6.05. The van der Waals surface area contributed by atoms with Crippen molar-refractivity contribution in [3.05, 3.63) is 46.1 Å². The number of para-hydroxylation sites is 1. The molecule has 0 fully saturated rings. The largest absolute Gasteiger partial charge is 0.279 e. The Balaban J connectivity index is 2.39. The summed E-state index contributed by atoms with van der Waals surface area (Å²) < 4.78 is 3.58. The summed E-state index contributed by atoms with van der Waals surface area (Å²) >= 11 is 0. The van der Waals surface area contributed by atoms with E-state index in [1.54, 1.807) is 11.6 Å². The van der Waals surface area contributed by atoms with Crippen LogP contribution in [0.1, 0.15) is 31.8 Å². The lowest BCUT2D eigenvalue weighted by molar-refractivity contribution is 0.842. The summed E-state index contributed by atoms with van der Waals surface area (Å²) in [4.78, 5) is 17.9. The molecule has 24 heavy (non-hydrogen) atoms. The third-order valence-electron chi connectivity index (χ3n) is 4.50. The van der Waals surface area contributed by atoms with Crippen molar-refractivity contribution in [2.24, 2.45) is 7.05 Å². The molecule has 0 radical (unpaired) electrons. The van der Waals surface area contributed by atoms with Crippen molar-refractivity contribution in [2.45, 2.75) is 33.1 Å². The molecule has 6 nitrogen and oxygen atoms in total. The van der Waals surface area contributed by atoms with E-state index in [0.29, 0.717) is 11.2 Å². The van der Waals surface area contributed by atoms with E-state index in [1.165, 1.54) is 0 Å². The Morgan fingerprint density at radius 3 is 2.67 bits per heavy atom. The van der Waals surface area contributed by atoms with Crippen LogP contribution in [-0.2, 0) is 19.9 Å². The molecule has 0 spiro atoms. The lowest BCUT2D eigenvalue weighted by Crippen LogP contribution is -2.22. The Labute approximate surface area is 138 Å². The number of hydrogen-bond donors (Lipinski definition) is 0. The number of fused-ring (bicyclic) bond motifs is 5. The van der Waals surface area contributed by atoms with Gasteiger partial charge in [0.1, 0.15) is 5.82 Å². The minimum atomic E-state index is -0.0523. The summed E-state index contributed by atoms with van der Waals surface area (Å²) in [6, 6.07) is 7.82. The van der Waals surface area contributed by atoms with Gasteiger partial charge in [-0.05, 0) is 12.5 Å². The zero-order valence-corrected chi connectivity index (χ0v) is 14.1. The lowest BCUT2D eigenvalue weighted by Gasteiger charge is -2.13. The van der Waals surface area contributed by atoms with Crippen molar-refractivity contribution >= 4 is 27.6 Å². The molecule has 0 amide bonds. The number of aryl methyl sites for hydroxylation is 3. The quantitative estimate of drug-likeness (QED) is 0.544. The summed E-state index contributed by atoms with van der Waals surface area (Å²) in [5.41, 5.74) is 2.60. The van der Waals surface area contributed by atoms with Crippen molar-refractivity contribution in [3.63, 3.8) is 0 Å². The van der Waals surface area contributed by atoms with Gasteiger partial charge in [-0.1, -0.05) is 38.5 Å². The summed E-state index contributed by atoms with van der Waals surface area (Å²) in [6.45, 7) is 4.16. The van der Waals surface area contributed by atoms with E-state index < -0.39 is 0 Å². The fourth-order valence-electron chi connectivity index (χ4n) is 3.36. The van der Waals surface area contributed by atoms with E-state index in [9.17, 15) is 4.79 Å². The van der Waals surface area contributed by atoms with Crippen molar-refractivity contribution < 1.29 is 0 Å². The van der Waals surface area contributed by atoms with Crippen molar-refractivity contribution in [2.75, 3.05) is 0 Å². The second-order valence-electron chi connectivity index (χ2n) is 6.02. The van der Waals surface area contributed by atoms with Gasteiger partial charge in [0, 0.05) is 18.9 Å². The van der Waals surface area contributed by atoms with Gasteiger partial charge in [0.25, 0.3) is 5.56 Å². The number of pyridine rings is 1. The third kappa shape index (κ3) is 1.89. The first-order valence-corrected chi connectivity index (χ1v) is 8.31. The van der Waals surface area contributed by atoms with Crippen molar-refractivity contribution in [1.82, 2.24) is 24.1 Å². The van der Waals surface area contributed by atoms with Gasteiger partial charge < -0.3 is 0 Å². The number of hydrogen-bond acceptors (Lipinski definition) is 4. The molecule has 0 unspecified atom stereocenters. The topological polar surface area (TPSA) is 65.1 Å². The van der Waals surface area contributed by atoms with Crippen LogP contribution in [-0.4, -0.2) is 24.1 Å². The van der Waals surface area contributed by atoms with Gasteiger partial charge in [-0.15, -0.1) is 10.2 Å². The highest BCUT2D eigenvalue weighted by Crippen LogP contribution is 2.26. The first-order chi connectivity index (χ1) is 11.7. The Hall–Kier alpha value is -2.76. The van der Waals surface area contributed by atoms with E-state index in [0.717, 1.165) is 47.2 Å². The Morgan fingerprint density at radius 2 is 1.92 bits per heavy atom. The van der Waals surface area contributed by atoms with Crippen molar-refractivity contribution in [3.8, 4) is 0 Å². The van der Waals surface area contributed by atoms with Gasteiger partial charge in [0.15, 0.2) is 0 Å². The first kappa shape index (κ1) is 14.8. The van der Waals surface area contributed by atoms with E-state index in [-0.39, 0.29) is 5.56 Å². The highest BCUT2D eigenvalue weighted by Gasteiger charge is 2.19. The van der Waals surface area contributed by atoms with Crippen LogP contribution in [0.15, 0.2) is 29.1 Å². The molecule has 0 aliphatic carbocycles. The van der Waals surface area contributed by atoms with E-state index in [1.807, 2.05) is 35.6 Å². The summed E-state index contributed by atoms with van der Waals surface area (Å²) in [5, 5.41) is 10.1. The number of rotatable bonds is 3. The number of nitrogens with zero attached hydrogens (tertiary/aromatic N) is 5. The van der Waals surface area contributed by atoms with Gasteiger partial charge >= 0.3 is 0 Å². The predicted molar refractivity (Wildman–Crippen MR) is 94.4 cm³/mol. The third-order valence-corrected chi connectivity index (χ3v) is 4.50. The molecular weight excluding hydrogens is 302 g/mol. The molecule has 0 N–H and O–H groups in total. The lowest BCUT2D eigenvalue weighted by atomic mass is 10.1. The van der Waals surface area contributed by atoms with Gasteiger partial charge in [0.05, 0.1) is 22.1 Å². The number of aromatic nitrogens is 5. The molecule has 3 heterocycles. The molecular formula is C18H19N5O. The maximum Gasteiger partial charge on any atom is 0.263 e. The fraction of sp³-hybridized carbons (Fsp3) is 0.333. The van der Waals surface area contributed by atoms with E-state index in [2.05, 4.69) is 17.1 Å². The molecule has 0 saturated carbocycles. The minimum absolute atomic E-state index is 0.0523. The van der Waals surface area contributed by atoms with Crippen LogP contribution >= 0.6 is 0 Å². The summed E-state index contributed by atoms with van der Waals surface area (Å²) in [7, 11) is 1.75. The average molecular weight is 321 g/mol. The molecule has 4 rings (SSSR count). The Morgan fingerprint density at radius 1 is 1.12 bits per heavy atom. The van der Waals surface area contributed by atoms with Gasteiger partial charge in [0.2, 0.25) is 5.78 Å². The maximum atomic E-state index is 13.1. The molecule has 0 aliphatic heterocycles. The smallest absolute Gasteiger partial charge is 0.263 e. The molecule has 3 aromatic heterocycles. The van der Waals surface area contributed by atoms with Crippen LogP contribution < -0.4 is 5.56 Å². The van der Waals surface area contributed by atoms with Gasteiger partial charge in [-0.25, -0.2) is 0 Å². The fourth-order valence-corrected chi connectivity index (χ4v) is 3.36.